The molecule has 20 heavy (non-hydrogen) atoms. The summed E-state index contributed by atoms with van der Waals surface area (Å²) in [7, 11) is 0. The molecule has 0 aliphatic heterocycles. The average Bonchev–Trinajstić information content (AvgIpc) is 2.45. The molecule has 0 unspecified atom stereocenters. The number of aldehydes is 1. The van der Waals surface area contributed by atoms with Crippen LogP contribution in [0.4, 0.5) is 4.39 Å². The number of benzene rings is 2. The molecule has 0 saturated carbocycles. The lowest BCUT2D eigenvalue weighted by molar-refractivity contribution is -0.107. The number of aryl methyl sites for hydroxylation is 1. The molecule has 2 aromatic rings. The summed E-state index contributed by atoms with van der Waals surface area (Å²) in [4.78, 5) is 10.3. The second kappa shape index (κ2) is 7.06. The number of rotatable bonds is 6. The van der Waals surface area contributed by atoms with E-state index in [1.807, 2.05) is 30.3 Å². The summed E-state index contributed by atoms with van der Waals surface area (Å²) in [6.45, 7) is 0.255. The van der Waals surface area contributed by atoms with Crippen molar-refractivity contribution in [2.45, 2.75) is 19.4 Å². The first-order chi connectivity index (χ1) is 9.70. The van der Waals surface area contributed by atoms with Crippen molar-refractivity contribution in [2.75, 3.05) is 0 Å². The van der Waals surface area contributed by atoms with E-state index >= 15 is 0 Å². The second-order valence-corrected chi connectivity index (χ2v) is 4.78. The topological polar surface area (TPSA) is 26.3 Å². The number of carbonyl (C=O) groups is 1. The third kappa shape index (κ3) is 3.81. The molecule has 0 saturated heterocycles. The summed E-state index contributed by atoms with van der Waals surface area (Å²) >= 11 is 6.03. The zero-order chi connectivity index (χ0) is 14.4. The predicted octanol–water partition coefficient (Wildman–Crippen LogP) is 4.19. The molecule has 2 nitrogen and oxygen atoms in total. The molecule has 104 valence electrons. The maximum absolute atomic E-state index is 13.9. The molecule has 0 spiro atoms. The van der Waals surface area contributed by atoms with Crippen molar-refractivity contribution in [3.8, 4) is 5.75 Å². The van der Waals surface area contributed by atoms with E-state index in [2.05, 4.69) is 0 Å². The standard InChI is InChI=1S/C16H14ClFO2/c17-14-9-13(7-4-8-19)10-15(18)16(14)20-11-12-5-2-1-3-6-12/h1-3,5-6,8-10H,4,7,11H2. The van der Waals surface area contributed by atoms with Crippen LogP contribution in [0.1, 0.15) is 17.5 Å². The first-order valence-electron chi connectivity index (χ1n) is 6.29. The lowest BCUT2D eigenvalue weighted by Crippen LogP contribution is -1.99. The molecule has 2 rings (SSSR count). The Morgan fingerprint density at radius 3 is 2.55 bits per heavy atom. The van der Waals surface area contributed by atoms with E-state index < -0.39 is 5.82 Å². The van der Waals surface area contributed by atoms with Gasteiger partial charge in [0.1, 0.15) is 12.9 Å². The van der Waals surface area contributed by atoms with Gasteiger partial charge < -0.3 is 9.53 Å². The summed E-state index contributed by atoms with van der Waals surface area (Å²) in [5.74, 6) is -0.459. The molecule has 4 heteroatoms. The quantitative estimate of drug-likeness (QED) is 0.746. The van der Waals surface area contributed by atoms with Crippen LogP contribution in [-0.4, -0.2) is 6.29 Å². The normalized spacial score (nSPS) is 10.3. The van der Waals surface area contributed by atoms with Gasteiger partial charge in [0, 0.05) is 6.42 Å². The Morgan fingerprint density at radius 2 is 1.90 bits per heavy atom. The molecular weight excluding hydrogens is 279 g/mol. The van der Waals surface area contributed by atoms with Crippen LogP contribution < -0.4 is 4.74 Å². The predicted molar refractivity (Wildman–Crippen MR) is 76.6 cm³/mol. The molecule has 0 aliphatic rings. The maximum Gasteiger partial charge on any atom is 0.174 e. The molecule has 0 fully saturated rings. The van der Waals surface area contributed by atoms with Gasteiger partial charge >= 0.3 is 0 Å². The van der Waals surface area contributed by atoms with Crippen LogP contribution in [0.2, 0.25) is 5.02 Å². The van der Waals surface area contributed by atoms with Crippen molar-refractivity contribution in [3.63, 3.8) is 0 Å². The van der Waals surface area contributed by atoms with Gasteiger partial charge in [0.05, 0.1) is 5.02 Å². The van der Waals surface area contributed by atoms with E-state index in [1.165, 1.54) is 6.07 Å². The number of halogens is 2. The maximum atomic E-state index is 13.9. The van der Waals surface area contributed by atoms with Crippen molar-refractivity contribution < 1.29 is 13.9 Å². The molecule has 0 radical (unpaired) electrons. The van der Waals surface area contributed by atoms with Gasteiger partial charge in [0.2, 0.25) is 0 Å². The van der Waals surface area contributed by atoms with Gasteiger partial charge in [-0.05, 0) is 29.7 Å². The fourth-order valence-electron chi connectivity index (χ4n) is 1.85. The average molecular weight is 293 g/mol. The van der Waals surface area contributed by atoms with Gasteiger partial charge in [0.15, 0.2) is 11.6 Å². The van der Waals surface area contributed by atoms with E-state index in [0.717, 1.165) is 11.8 Å². The highest BCUT2D eigenvalue weighted by Gasteiger charge is 2.11. The number of hydrogen-bond donors (Lipinski definition) is 0. The Morgan fingerprint density at radius 1 is 1.15 bits per heavy atom. The Kier molecular flexibility index (Phi) is 5.13. The monoisotopic (exact) mass is 292 g/mol. The van der Waals surface area contributed by atoms with Gasteiger partial charge in [-0.15, -0.1) is 0 Å². The molecule has 0 aliphatic carbocycles. The fourth-order valence-corrected chi connectivity index (χ4v) is 2.13. The SMILES string of the molecule is O=CCCc1cc(F)c(OCc2ccccc2)c(Cl)c1. The fraction of sp³-hybridized carbons (Fsp3) is 0.188. The zero-order valence-corrected chi connectivity index (χ0v) is 11.6. The molecule has 0 bridgehead atoms. The number of carbonyl (C=O) groups excluding carboxylic acids is 1. The molecule has 0 amide bonds. The Balaban J connectivity index is 2.10. The van der Waals surface area contributed by atoms with E-state index in [-0.39, 0.29) is 17.4 Å². The smallest absolute Gasteiger partial charge is 0.174 e. The summed E-state index contributed by atoms with van der Waals surface area (Å²) in [5, 5.41) is 0.224. The molecule has 0 atom stereocenters. The van der Waals surface area contributed by atoms with Crippen LogP contribution in [0.15, 0.2) is 42.5 Å². The summed E-state index contributed by atoms with van der Waals surface area (Å²) in [6, 6.07) is 12.5. The highest BCUT2D eigenvalue weighted by molar-refractivity contribution is 6.32. The summed E-state index contributed by atoms with van der Waals surface area (Å²) in [6.07, 6.45) is 1.62. The number of ether oxygens (including phenoxy) is 1. The minimum absolute atomic E-state index is 0.0466. The molecule has 0 N–H and O–H groups in total. The van der Waals surface area contributed by atoms with Crippen molar-refractivity contribution in [2.24, 2.45) is 0 Å². The first kappa shape index (κ1) is 14.5. The van der Waals surface area contributed by atoms with Crippen LogP contribution >= 0.6 is 11.6 Å². The minimum Gasteiger partial charge on any atom is -0.484 e. The van der Waals surface area contributed by atoms with Crippen LogP contribution in [0.3, 0.4) is 0 Å². The zero-order valence-electron chi connectivity index (χ0n) is 10.8. The van der Waals surface area contributed by atoms with E-state index in [1.54, 1.807) is 6.07 Å². The third-order valence-electron chi connectivity index (χ3n) is 2.83. The highest BCUT2D eigenvalue weighted by atomic mass is 35.5. The largest absolute Gasteiger partial charge is 0.484 e. The molecule has 0 aromatic heterocycles. The van der Waals surface area contributed by atoms with Crippen LogP contribution in [-0.2, 0) is 17.8 Å². The van der Waals surface area contributed by atoms with Crippen LogP contribution in [0.5, 0.6) is 5.75 Å². The Labute approximate surface area is 122 Å². The lowest BCUT2D eigenvalue weighted by atomic mass is 10.1. The summed E-state index contributed by atoms with van der Waals surface area (Å²) < 4.78 is 19.4. The van der Waals surface area contributed by atoms with E-state index in [4.69, 9.17) is 16.3 Å². The first-order valence-corrected chi connectivity index (χ1v) is 6.67. The molecular formula is C16H14ClFO2. The van der Waals surface area contributed by atoms with Crippen molar-refractivity contribution in [1.29, 1.82) is 0 Å². The Hall–Kier alpha value is -1.87. The Bertz CT molecular complexity index is 561. The van der Waals surface area contributed by atoms with Gasteiger partial charge in [-0.1, -0.05) is 41.9 Å². The number of hydrogen-bond acceptors (Lipinski definition) is 2. The molecule has 0 heterocycles. The van der Waals surface area contributed by atoms with Crippen LogP contribution in [0, 0.1) is 5.82 Å². The van der Waals surface area contributed by atoms with Crippen molar-refractivity contribution in [3.05, 3.63) is 64.4 Å². The third-order valence-corrected chi connectivity index (χ3v) is 3.12. The second-order valence-electron chi connectivity index (χ2n) is 4.37. The van der Waals surface area contributed by atoms with E-state index in [9.17, 15) is 9.18 Å². The van der Waals surface area contributed by atoms with Gasteiger partial charge in [-0.25, -0.2) is 4.39 Å². The molecule has 2 aromatic carbocycles. The van der Waals surface area contributed by atoms with Crippen molar-refractivity contribution >= 4 is 17.9 Å². The lowest BCUT2D eigenvalue weighted by Gasteiger charge is -2.10. The highest BCUT2D eigenvalue weighted by Crippen LogP contribution is 2.30. The van der Waals surface area contributed by atoms with Gasteiger partial charge in [0.25, 0.3) is 0 Å². The summed E-state index contributed by atoms with van der Waals surface area (Å²) in [5.41, 5.74) is 1.62. The van der Waals surface area contributed by atoms with E-state index in [0.29, 0.717) is 18.4 Å². The van der Waals surface area contributed by atoms with Gasteiger partial charge in [-0.2, -0.15) is 0 Å². The van der Waals surface area contributed by atoms with Crippen LogP contribution in [0.25, 0.3) is 0 Å². The van der Waals surface area contributed by atoms with Gasteiger partial charge in [-0.3, -0.25) is 0 Å². The van der Waals surface area contributed by atoms with Crippen molar-refractivity contribution in [1.82, 2.24) is 0 Å². The minimum atomic E-state index is -0.505.